The molecule has 0 unspecified atom stereocenters. The molecule has 1 heterocycles. The van der Waals surface area contributed by atoms with Crippen LogP contribution in [-0.4, -0.2) is 27.7 Å². The normalized spacial score (nSPS) is 10.3. The number of rotatable bonds is 5. The highest BCUT2D eigenvalue weighted by molar-refractivity contribution is 5.97. The molecule has 6 heteroatoms. The molecule has 2 aromatic rings. The number of ether oxygens (including phenoxy) is 2. The SMILES string of the molecule is COc1ccc(C(C)=O)c(OCc2ncnn2C)c1. The van der Waals surface area contributed by atoms with Gasteiger partial charge < -0.3 is 9.47 Å². The van der Waals surface area contributed by atoms with Gasteiger partial charge in [-0.05, 0) is 19.1 Å². The van der Waals surface area contributed by atoms with Gasteiger partial charge in [0.1, 0.15) is 24.4 Å². The number of nitrogens with zero attached hydrogens (tertiary/aromatic N) is 3. The molecule has 0 fully saturated rings. The van der Waals surface area contributed by atoms with E-state index in [1.54, 1.807) is 37.0 Å². The number of hydrogen-bond acceptors (Lipinski definition) is 5. The van der Waals surface area contributed by atoms with Gasteiger partial charge in [-0.25, -0.2) is 4.98 Å². The summed E-state index contributed by atoms with van der Waals surface area (Å²) in [5.41, 5.74) is 0.517. The molecule has 6 nitrogen and oxygen atoms in total. The van der Waals surface area contributed by atoms with E-state index in [1.807, 2.05) is 0 Å². The molecule has 0 saturated carbocycles. The Morgan fingerprint density at radius 1 is 1.42 bits per heavy atom. The molecule has 0 aliphatic heterocycles. The van der Waals surface area contributed by atoms with Gasteiger partial charge in [0.25, 0.3) is 0 Å². The Kier molecular flexibility index (Phi) is 3.79. The van der Waals surface area contributed by atoms with Crippen LogP contribution in [0.5, 0.6) is 11.5 Å². The second kappa shape index (κ2) is 5.51. The maximum atomic E-state index is 11.5. The summed E-state index contributed by atoms with van der Waals surface area (Å²) >= 11 is 0. The summed E-state index contributed by atoms with van der Waals surface area (Å²) < 4.78 is 12.4. The molecular weight excluding hydrogens is 246 g/mol. The Morgan fingerprint density at radius 2 is 2.21 bits per heavy atom. The van der Waals surface area contributed by atoms with Crippen molar-refractivity contribution in [2.24, 2.45) is 7.05 Å². The number of hydrogen-bond donors (Lipinski definition) is 0. The third kappa shape index (κ3) is 2.90. The first kappa shape index (κ1) is 13.1. The maximum absolute atomic E-state index is 11.5. The summed E-state index contributed by atoms with van der Waals surface area (Å²) in [6.45, 7) is 1.74. The fourth-order valence-electron chi connectivity index (χ4n) is 1.63. The summed E-state index contributed by atoms with van der Waals surface area (Å²) in [7, 11) is 3.35. The van der Waals surface area contributed by atoms with E-state index in [-0.39, 0.29) is 12.4 Å². The molecule has 0 aliphatic carbocycles. The first-order chi connectivity index (χ1) is 9.11. The zero-order chi connectivity index (χ0) is 13.8. The molecule has 1 aromatic heterocycles. The van der Waals surface area contributed by atoms with Gasteiger partial charge in [0.05, 0.1) is 12.7 Å². The summed E-state index contributed by atoms with van der Waals surface area (Å²) in [4.78, 5) is 15.6. The number of carbonyl (C=O) groups excluding carboxylic acids is 1. The van der Waals surface area contributed by atoms with E-state index in [4.69, 9.17) is 9.47 Å². The molecule has 0 N–H and O–H groups in total. The molecular formula is C13H15N3O3. The lowest BCUT2D eigenvalue weighted by Crippen LogP contribution is -2.07. The highest BCUT2D eigenvalue weighted by Crippen LogP contribution is 2.25. The molecule has 100 valence electrons. The van der Waals surface area contributed by atoms with Crippen LogP contribution in [0.3, 0.4) is 0 Å². The van der Waals surface area contributed by atoms with Crippen molar-refractivity contribution in [3.8, 4) is 11.5 Å². The Bertz CT molecular complexity index is 593. The highest BCUT2D eigenvalue weighted by atomic mass is 16.5. The predicted molar refractivity (Wildman–Crippen MR) is 68.3 cm³/mol. The number of aryl methyl sites for hydroxylation is 1. The van der Waals surface area contributed by atoms with Gasteiger partial charge >= 0.3 is 0 Å². The molecule has 0 atom stereocenters. The van der Waals surface area contributed by atoms with Crippen molar-refractivity contribution in [3.63, 3.8) is 0 Å². The second-order valence-corrected chi connectivity index (χ2v) is 4.01. The van der Waals surface area contributed by atoms with Gasteiger partial charge in [0.2, 0.25) is 0 Å². The van der Waals surface area contributed by atoms with Gasteiger partial charge in [-0.3, -0.25) is 9.48 Å². The van der Waals surface area contributed by atoms with Crippen LogP contribution in [0.1, 0.15) is 23.1 Å². The number of Topliss-reactive ketones (excluding diaryl/α,β-unsaturated/α-hetero) is 1. The van der Waals surface area contributed by atoms with E-state index < -0.39 is 0 Å². The number of aromatic nitrogens is 3. The number of carbonyl (C=O) groups is 1. The second-order valence-electron chi connectivity index (χ2n) is 4.01. The van der Waals surface area contributed by atoms with Gasteiger partial charge in [0.15, 0.2) is 11.6 Å². The standard InChI is InChI=1S/C13H15N3O3/c1-9(17)11-5-4-10(18-3)6-12(11)19-7-13-14-8-15-16(13)2/h4-6,8H,7H2,1-3H3. The molecule has 0 radical (unpaired) electrons. The minimum absolute atomic E-state index is 0.0596. The minimum Gasteiger partial charge on any atom is -0.497 e. The lowest BCUT2D eigenvalue weighted by Gasteiger charge is -2.11. The topological polar surface area (TPSA) is 66.2 Å². The van der Waals surface area contributed by atoms with Gasteiger partial charge in [0, 0.05) is 13.1 Å². The summed E-state index contributed by atoms with van der Waals surface area (Å²) in [6, 6.07) is 5.10. The lowest BCUT2D eigenvalue weighted by molar-refractivity contribution is 0.101. The first-order valence-corrected chi connectivity index (χ1v) is 5.76. The summed E-state index contributed by atoms with van der Waals surface area (Å²) in [6.07, 6.45) is 1.45. The molecule has 0 spiro atoms. The summed E-state index contributed by atoms with van der Waals surface area (Å²) in [5.74, 6) is 1.74. The largest absolute Gasteiger partial charge is 0.497 e. The van der Waals surface area contributed by atoms with Crippen molar-refractivity contribution < 1.29 is 14.3 Å². The van der Waals surface area contributed by atoms with Crippen molar-refractivity contribution in [1.82, 2.24) is 14.8 Å². The van der Waals surface area contributed by atoms with Crippen LogP contribution in [0.4, 0.5) is 0 Å². The zero-order valence-corrected chi connectivity index (χ0v) is 11.1. The van der Waals surface area contributed by atoms with Gasteiger partial charge in [-0.1, -0.05) is 0 Å². The predicted octanol–water partition coefficient (Wildman–Crippen LogP) is 1.61. The van der Waals surface area contributed by atoms with E-state index in [0.717, 1.165) is 0 Å². The average molecular weight is 261 g/mol. The Morgan fingerprint density at radius 3 is 2.79 bits per heavy atom. The van der Waals surface area contributed by atoms with Crippen molar-refractivity contribution >= 4 is 5.78 Å². The van der Waals surface area contributed by atoms with Crippen LogP contribution in [0.15, 0.2) is 24.5 Å². The molecule has 2 rings (SSSR count). The Labute approximate surface area is 111 Å². The van der Waals surface area contributed by atoms with E-state index in [9.17, 15) is 4.79 Å². The van der Waals surface area contributed by atoms with E-state index >= 15 is 0 Å². The lowest BCUT2D eigenvalue weighted by atomic mass is 10.1. The van der Waals surface area contributed by atoms with Crippen molar-refractivity contribution in [3.05, 3.63) is 35.9 Å². The Balaban J connectivity index is 2.22. The van der Waals surface area contributed by atoms with Crippen LogP contribution in [0.2, 0.25) is 0 Å². The molecule has 0 bridgehead atoms. The van der Waals surface area contributed by atoms with Crippen molar-refractivity contribution in [2.75, 3.05) is 7.11 Å². The third-order valence-electron chi connectivity index (χ3n) is 2.73. The van der Waals surface area contributed by atoms with Crippen LogP contribution < -0.4 is 9.47 Å². The minimum atomic E-state index is -0.0596. The molecule has 1 aromatic carbocycles. The van der Waals surface area contributed by atoms with Crippen molar-refractivity contribution in [1.29, 1.82) is 0 Å². The first-order valence-electron chi connectivity index (χ1n) is 5.76. The molecule has 0 amide bonds. The van der Waals surface area contributed by atoms with Crippen LogP contribution in [0.25, 0.3) is 0 Å². The van der Waals surface area contributed by atoms with E-state index in [2.05, 4.69) is 10.1 Å². The maximum Gasteiger partial charge on any atom is 0.164 e. The molecule has 0 aliphatic rings. The van der Waals surface area contributed by atoms with Crippen LogP contribution in [-0.2, 0) is 13.7 Å². The monoisotopic (exact) mass is 261 g/mol. The fourth-order valence-corrected chi connectivity index (χ4v) is 1.63. The number of methoxy groups -OCH3 is 1. The van der Waals surface area contributed by atoms with Gasteiger partial charge in [-0.2, -0.15) is 5.10 Å². The van der Waals surface area contributed by atoms with Crippen molar-refractivity contribution in [2.45, 2.75) is 13.5 Å². The Hall–Kier alpha value is -2.37. The number of ketones is 1. The van der Waals surface area contributed by atoms with E-state index in [0.29, 0.717) is 22.9 Å². The quantitative estimate of drug-likeness (QED) is 0.765. The number of benzene rings is 1. The van der Waals surface area contributed by atoms with Gasteiger partial charge in [-0.15, -0.1) is 0 Å². The third-order valence-corrected chi connectivity index (χ3v) is 2.73. The molecule has 19 heavy (non-hydrogen) atoms. The average Bonchev–Trinajstić information content (AvgIpc) is 2.81. The van der Waals surface area contributed by atoms with Crippen LogP contribution >= 0.6 is 0 Å². The zero-order valence-electron chi connectivity index (χ0n) is 11.1. The molecule has 0 saturated heterocycles. The van der Waals surface area contributed by atoms with E-state index in [1.165, 1.54) is 13.3 Å². The smallest absolute Gasteiger partial charge is 0.164 e. The van der Waals surface area contributed by atoms with Crippen LogP contribution in [0, 0.1) is 0 Å². The fraction of sp³-hybridized carbons (Fsp3) is 0.308. The summed E-state index contributed by atoms with van der Waals surface area (Å²) in [5, 5.41) is 3.95. The highest BCUT2D eigenvalue weighted by Gasteiger charge is 2.11.